The first kappa shape index (κ1) is 21.0. The van der Waals surface area contributed by atoms with Gasteiger partial charge in [0.15, 0.2) is 11.8 Å². The van der Waals surface area contributed by atoms with Crippen LogP contribution < -0.4 is 4.74 Å². The predicted molar refractivity (Wildman–Crippen MR) is 121 cm³/mol. The highest BCUT2D eigenvalue weighted by atomic mass is 16.5. The fourth-order valence-electron chi connectivity index (χ4n) is 3.67. The summed E-state index contributed by atoms with van der Waals surface area (Å²) in [6, 6.07) is 23.8. The number of ether oxygens (including phenoxy) is 1. The van der Waals surface area contributed by atoms with Crippen LogP contribution in [0.5, 0.6) is 17.5 Å². The molecule has 2 N–H and O–H groups in total. The van der Waals surface area contributed by atoms with E-state index in [9.17, 15) is 10.2 Å². The van der Waals surface area contributed by atoms with E-state index in [1.807, 2.05) is 60.8 Å². The quantitative estimate of drug-likeness (QED) is 0.410. The lowest BCUT2D eigenvalue weighted by atomic mass is 10.0. The number of aryl methyl sites for hydroxylation is 1. The maximum absolute atomic E-state index is 10.2. The summed E-state index contributed by atoms with van der Waals surface area (Å²) in [6.07, 6.45) is 4.93. The van der Waals surface area contributed by atoms with Crippen LogP contribution in [0.1, 0.15) is 23.6 Å². The molecule has 0 saturated heterocycles. The molecule has 0 amide bonds. The van der Waals surface area contributed by atoms with Crippen LogP contribution in [0.15, 0.2) is 85.2 Å². The fourth-order valence-corrected chi connectivity index (χ4v) is 3.67. The van der Waals surface area contributed by atoms with Crippen molar-refractivity contribution >= 4 is 0 Å². The maximum atomic E-state index is 10.2. The van der Waals surface area contributed by atoms with Crippen LogP contribution in [-0.2, 0) is 6.42 Å². The third-order valence-corrected chi connectivity index (χ3v) is 5.35. The third kappa shape index (κ3) is 4.90. The van der Waals surface area contributed by atoms with Crippen LogP contribution in [0.25, 0.3) is 11.1 Å². The van der Waals surface area contributed by atoms with Crippen molar-refractivity contribution in [1.29, 1.82) is 5.26 Å². The molecule has 6 nitrogen and oxygen atoms in total. The fraction of sp³-hybridized carbons (Fsp3) is 0.154. The number of rotatable bonds is 8. The second-order valence-electron chi connectivity index (χ2n) is 7.50. The lowest BCUT2D eigenvalue weighted by molar-refractivity contribution is 0.217. The highest BCUT2D eigenvalue weighted by molar-refractivity contribution is 5.65. The minimum atomic E-state index is -0.266. The van der Waals surface area contributed by atoms with Crippen LogP contribution in [-0.4, -0.2) is 26.4 Å². The average Bonchev–Trinajstić information content (AvgIpc) is 3.18. The average molecular weight is 425 g/mol. The molecule has 2 aromatic carbocycles. The molecule has 0 fully saturated rings. The molecule has 160 valence electrons. The Morgan fingerprint density at radius 3 is 2.41 bits per heavy atom. The van der Waals surface area contributed by atoms with Gasteiger partial charge in [-0.3, -0.25) is 9.55 Å². The molecule has 0 saturated carbocycles. The van der Waals surface area contributed by atoms with Crippen LogP contribution in [0.2, 0.25) is 0 Å². The van der Waals surface area contributed by atoms with Gasteiger partial charge in [0, 0.05) is 24.5 Å². The summed E-state index contributed by atoms with van der Waals surface area (Å²) in [5.74, 6) is 0.674. The largest absolute Gasteiger partial charge is 0.494 e. The molecule has 0 aliphatic carbocycles. The van der Waals surface area contributed by atoms with Gasteiger partial charge in [0.25, 0.3) is 0 Å². The van der Waals surface area contributed by atoms with Crippen LogP contribution in [0.4, 0.5) is 0 Å². The summed E-state index contributed by atoms with van der Waals surface area (Å²) in [6.45, 7) is 0.277. The van der Waals surface area contributed by atoms with E-state index in [4.69, 9.17) is 10.00 Å². The Bertz CT molecular complexity index is 1190. The smallest absolute Gasteiger partial charge is 0.194 e. The molecule has 0 radical (unpaired) electrons. The van der Waals surface area contributed by atoms with Crippen molar-refractivity contribution in [1.82, 2.24) is 9.55 Å². The molecule has 0 aliphatic rings. The van der Waals surface area contributed by atoms with E-state index >= 15 is 0 Å². The highest BCUT2D eigenvalue weighted by Gasteiger charge is 2.19. The number of nitriles is 1. The maximum Gasteiger partial charge on any atom is 0.194 e. The van der Waals surface area contributed by atoms with Crippen molar-refractivity contribution in [2.24, 2.45) is 0 Å². The van der Waals surface area contributed by atoms with Crippen LogP contribution >= 0.6 is 0 Å². The van der Waals surface area contributed by atoms with E-state index < -0.39 is 0 Å². The number of benzene rings is 2. The standard InChI is InChI=1S/C26H23N3O3/c27-16-20-3-1-5-22(15-20)21-7-10-24(11-8-21)32-18-23(29-25(30)12-13-26(29)31)9-6-19-4-2-14-28-17-19/h1-5,7-8,10-15,17,23,30-31H,6,9,18H2. The number of nitrogens with zero attached hydrogens (tertiary/aromatic N) is 3. The summed E-state index contributed by atoms with van der Waals surface area (Å²) in [5.41, 5.74) is 3.65. The van der Waals surface area contributed by atoms with E-state index in [1.54, 1.807) is 12.3 Å². The van der Waals surface area contributed by atoms with E-state index in [2.05, 4.69) is 11.1 Å². The third-order valence-electron chi connectivity index (χ3n) is 5.35. The van der Waals surface area contributed by atoms with Gasteiger partial charge >= 0.3 is 0 Å². The SMILES string of the molecule is N#Cc1cccc(-c2ccc(OCC(CCc3cccnc3)n3c(O)ccc3O)cc2)c1. The number of aromatic hydroxyl groups is 2. The summed E-state index contributed by atoms with van der Waals surface area (Å²) in [7, 11) is 0. The molecule has 0 spiro atoms. The van der Waals surface area contributed by atoms with E-state index in [1.165, 1.54) is 16.7 Å². The number of hydrogen-bond donors (Lipinski definition) is 2. The zero-order valence-electron chi connectivity index (χ0n) is 17.4. The number of hydrogen-bond acceptors (Lipinski definition) is 5. The monoisotopic (exact) mass is 425 g/mol. The summed E-state index contributed by atoms with van der Waals surface area (Å²) >= 11 is 0. The first-order chi connectivity index (χ1) is 15.6. The first-order valence-electron chi connectivity index (χ1n) is 10.4. The normalized spacial score (nSPS) is 11.6. The van der Waals surface area contributed by atoms with Gasteiger partial charge in [0.1, 0.15) is 12.4 Å². The van der Waals surface area contributed by atoms with Crippen molar-refractivity contribution in [2.45, 2.75) is 18.9 Å². The van der Waals surface area contributed by atoms with Crippen LogP contribution in [0.3, 0.4) is 0 Å². The molecule has 0 bridgehead atoms. The van der Waals surface area contributed by atoms with Crippen molar-refractivity contribution in [3.63, 3.8) is 0 Å². The first-order valence-corrected chi connectivity index (χ1v) is 10.4. The molecule has 1 unspecified atom stereocenters. The summed E-state index contributed by atoms with van der Waals surface area (Å²) in [5, 5.41) is 29.5. The van der Waals surface area contributed by atoms with E-state index in [0.717, 1.165) is 23.1 Å². The molecule has 4 rings (SSSR count). The van der Waals surface area contributed by atoms with Gasteiger partial charge in [0.2, 0.25) is 0 Å². The second-order valence-corrected chi connectivity index (χ2v) is 7.50. The van der Waals surface area contributed by atoms with Crippen LogP contribution in [0, 0.1) is 11.3 Å². The predicted octanol–water partition coefficient (Wildman–Crippen LogP) is 5.09. The molecular weight excluding hydrogens is 402 g/mol. The Morgan fingerprint density at radius 2 is 1.72 bits per heavy atom. The van der Waals surface area contributed by atoms with Gasteiger partial charge in [-0.15, -0.1) is 0 Å². The van der Waals surface area contributed by atoms with Gasteiger partial charge < -0.3 is 14.9 Å². The zero-order valence-corrected chi connectivity index (χ0v) is 17.4. The topological polar surface area (TPSA) is 91.3 Å². The summed E-state index contributed by atoms with van der Waals surface area (Å²) < 4.78 is 7.50. The molecule has 4 aromatic rings. The molecule has 1 atom stereocenters. The number of aromatic nitrogens is 2. The molecule has 2 aromatic heterocycles. The van der Waals surface area contributed by atoms with Crippen molar-refractivity contribution in [3.8, 4) is 34.7 Å². The van der Waals surface area contributed by atoms with E-state index in [-0.39, 0.29) is 24.4 Å². The molecule has 6 heteroatoms. The lowest BCUT2D eigenvalue weighted by Crippen LogP contribution is -2.18. The summed E-state index contributed by atoms with van der Waals surface area (Å²) in [4.78, 5) is 4.14. The highest BCUT2D eigenvalue weighted by Crippen LogP contribution is 2.30. The Labute approximate surface area is 186 Å². The molecule has 0 aliphatic heterocycles. The van der Waals surface area contributed by atoms with Gasteiger partial charge in [-0.05, 0) is 59.9 Å². The minimum absolute atomic E-state index is 0.00462. The Kier molecular flexibility index (Phi) is 6.38. The zero-order chi connectivity index (χ0) is 22.3. The van der Waals surface area contributed by atoms with Crippen molar-refractivity contribution in [3.05, 3.63) is 96.3 Å². The Balaban J connectivity index is 1.47. The van der Waals surface area contributed by atoms with E-state index in [0.29, 0.717) is 17.7 Å². The van der Waals surface area contributed by atoms with Gasteiger partial charge in [0.05, 0.1) is 17.7 Å². The molecular formula is C26H23N3O3. The molecule has 2 heterocycles. The minimum Gasteiger partial charge on any atom is -0.494 e. The van der Waals surface area contributed by atoms with Crippen molar-refractivity contribution in [2.75, 3.05) is 6.61 Å². The van der Waals surface area contributed by atoms with Crippen molar-refractivity contribution < 1.29 is 14.9 Å². The Hall–Kier alpha value is -4.24. The van der Waals surface area contributed by atoms with Gasteiger partial charge in [-0.25, -0.2) is 0 Å². The Morgan fingerprint density at radius 1 is 0.938 bits per heavy atom. The van der Waals surface area contributed by atoms with Gasteiger partial charge in [-0.2, -0.15) is 5.26 Å². The second kappa shape index (κ2) is 9.71. The number of pyridine rings is 1. The van der Waals surface area contributed by atoms with Gasteiger partial charge in [-0.1, -0.05) is 30.3 Å². The lowest BCUT2D eigenvalue weighted by Gasteiger charge is -2.21. The molecule has 32 heavy (non-hydrogen) atoms.